The lowest BCUT2D eigenvalue weighted by molar-refractivity contribution is 0.0766. The van der Waals surface area contributed by atoms with Crippen molar-refractivity contribution in [3.8, 4) is 0 Å². The predicted molar refractivity (Wildman–Crippen MR) is 85.6 cm³/mol. The van der Waals surface area contributed by atoms with E-state index in [9.17, 15) is 9.90 Å². The van der Waals surface area contributed by atoms with E-state index in [4.69, 9.17) is 0 Å². The van der Waals surface area contributed by atoms with Gasteiger partial charge in [0.15, 0.2) is 0 Å². The standard InChI is InChI=1S/C17H26N2O2/c1-11-8-12(2)16(13(3)9-11)18-17(21)19-7-5-6-15(10-19)14(4)20/h8-9,14-15,20H,5-7,10H2,1-4H3,(H,18,21). The molecule has 0 saturated carbocycles. The predicted octanol–water partition coefficient (Wildman–Crippen LogP) is 3.24. The summed E-state index contributed by atoms with van der Waals surface area (Å²) in [6.07, 6.45) is 1.59. The van der Waals surface area contributed by atoms with Crippen LogP contribution in [0.5, 0.6) is 0 Å². The molecule has 1 saturated heterocycles. The summed E-state index contributed by atoms with van der Waals surface area (Å²) in [6.45, 7) is 9.30. The normalized spacial score (nSPS) is 20.2. The van der Waals surface area contributed by atoms with E-state index in [2.05, 4.69) is 24.4 Å². The van der Waals surface area contributed by atoms with Gasteiger partial charge in [-0.2, -0.15) is 0 Å². The molecule has 0 radical (unpaired) electrons. The Morgan fingerprint density at radius 2 is 1.95 bits per heavy atom. The molecule has 0 spiro atoms. The maximum absolute atomic E-state index is 12.5. The summed E-state index contributed by atoms with van der Waals surface area (Å²) in [5.74, 6) is 0.185. The summed E-state index contributed by atoms with van der Waals surface area (Å²) in [7, 11) is 0. The number of nitrogens with zero attached hydrogens (tertiary/aromatic N) is 1. The van der Waals surface area contributed by atoms with Crippen molar-refractivity contribution >= 4 is 11.7 Å². The van der Waals surface area contributed by atoms with E-state index >= 15 is 0 Å². The number of benzene rings is 1. The number of aliphatic hydroxyl groups excluding tert-OH is 1. The van der Waals surface area contributed by atoms with Gasteiger partial charge in [-0.25, -0.2) is 4.79 Å². The quantitative estimate of drug-likeness (QED) is 0.878. The molecule has 4 nitrogen and oxygen atoms in total. The Hall–Kier alpha value is -1.55. The van der Waals surface area contributed by atoms with Gasteiger partial charge in [0.05, 0.1) is 6.10 Å². The van der Waals surface area contributed by atoms with Crippen LogP contribution in [0.25, 0.3) is 0 Å². The van der Waals surface area contributed by atoms with E-state index in [0.717, 1.165) is 36.2 Å². The van der Waals surface area contributed by atoms with Crippen LogP contribution in [-0.2, 0) is 0 Å². The topological polar surface area (TPSA) is 52.6 Å². The van der Waals surface area contributed by atoms with Gasteiger partial charge < -0.3 is 15.3 Å². The number of aryl methyl sites for hydroxylation is 3. The van der Waals surface area contributed by atoms with E-state index < -0.39 is 0 Å². The molecule has 4 heteroatoms. The first-order valence-corrected chi connectivity index (χ1v) is 7.70. The highest BCUT2D eigenvalue weighted by molar-refractivity contribution is 5.91. The zero-order valence-corrected chi connectivity index (χ0v) is 13.4. The second-order valence-electron chi connectivity index (χ2n) is 6.29. The third kappa shape index (κ3) is 3.76. The van der Waals surface area contributed by atoms with Gasteiger partial charge >= 0.3 is 6.03 Å². The van der Waals surface area contributed by atoms with Crippen molar-refractivity contribution < 1.29 is 9.90 Å². The summed E-state index contributed by atoms with van der Waals surface area (Å²) < 4.78 is 0. The number of anilines is 1. The van der Waals surface area contributed by atoms with Gasteiger partial charge in [-0.05, 0) is 51.7 Å². The molecule has 21 heavy (non-hydrogen) atoms. The van der Waals surface area contributed by atoms with Crippen LogP contribution in [0.15, 0.2) is 12.1 Å². The Bertz CT molecular complexity index is 503. The summed E-state index contributed by atoms with van der Waals surface area (Å²) in [4.78, 5) is 14.3. The number of hydrogen-bond donors (Lipinski definition) is 2. The Balaban J connectivity index is 2.08. The average Bonchev–Trinajstić information content (AvgIpc) is 2.42. The van der Waals surface area contributed by atoms with Crippen LogP contribution in [0.3, 0.4) is 0 Å². The monoisotopic (exact) mass is 290 g/mol. The van der Waals surface area contributed by atoms with E-state index in [0.29, 0.717) is 6.54 Å². The molecule has 1 aromatic carbocycles. The Morgan fingerprint density at radius 1 is 1.33 bits per heavy atom. The Morgan fingerprint density at radius 3 is 2.52 bits per heavy atom. The zero-order valence-electron chi connectivity index (χ0n) is 13.4. The Labute approximate surface area is 127 Å². The van der Waals surface area contributed by atoms with Crippen molar-refractivity contribution in [3.63, 3.8) is 0 Å². The third-order valence-corrected chi connectivity index (χ3v) is 4.34. The van der Waals surface area contributed by atoms with Crippen LogP contribution < -0.4 is 5.32 Å². The summed E-state index contributed by atoms with van der Waals surface area (Å²) >= 11 is 0. The number of hydrogen-bond acceptors (Lipinski definition) is 2. The summed E-state index contributed by atoms with van der Waals surface area (Å²) in [6, 6.07) is 4.10. The van der Waals surface area contributed by atoms with Crippen LogP contribution in [0.2, 0.25) is 0 Å². The summed E-state index contributed by atoms with van der Waals surface area (Å²) in [5.41, 5.74) is 4.29. The highest BCUT2D eigenvalue weighted by Gasteiger charge is 2.26. The first-order chi connectivity index (χ1) is 9.88. The van der Waals surface area contributed by atoms with Gasteiger partial charge in [0, 0.05) is 24.7 Å². The third-order valence-electron chi connectivity index (χ3n) is 4.34. The van der Waals surface area contributed by atoms with Crippen LogP contribution in [0.4, 0.5) is 10.5 Å². The van der Waals surface area contributed by atoms with Crippen LogP contribution >= 0.6 is 0 Å². The molecule has 1 aromatic rings. The molecule has 1 heterocycles. The first kappa shape index (κ1) is 15.8. The number of carbonyl (C=O) groups excluding carboxylic acids is 1. The molecule has 2 rings (SSSR count). The minimum absolute atomic E-state index is 0.0598. The fraction of sp³-hybridized carbons (Fsp3) is 0.588. The molecule has 1 aliphatic heterocycles. The zero-order chi connectivity index (χ0) is 15.6. The second kappa shape index (κ2) is 6.48. The minimum atomic E-state index is -0.358. The number of aliphatic hydroxyl groups is 1. The van der Waals surface area contributed by atoms with Crippen molar-refractivity contribution in [1.29, 1.82) is 0 Å². The van der Waals surface area contributed by atoms with E-state index in [1.165, 1.54) is 5.56 Å². The highest BCUT2D eigenvalue weighted by Crippen LogP contribution is 2.24. The molecule has 0 bridgehead atoms. The number of nitrogens with one attached hydrogen (secondary N) is 1. The lowest BCUT2D eigenvalue weighted by Crippen LogP contribution is -2.45. The molecule has 2 unspecified atom stereocenters. The van der Waals surface area contributed by atoms with Crippen LogP contribution in [0, 0.1) is 26.7 Å². The number of carbonyl (C=O) groups is 1. The highest BCUT2D eigenvalue weighted by atomic mass is 16.3. The molecule has 116 valence electrons. The van der Waals surface area contributed by atoms with Crippen molar-refractivity contribution in [2.45, 2.75) is 46.6 Å². The number of rotatable bonds is 2. The molecular formula is C17H26N2O2. The SMILES string of the molecule is Cc1cc(C)c(NC(=O)N2CCCC(C(C)O)C2)c(C)c1. The lowest BCUT2D eigenvalue weighted by atomic mass is 9.94. The second-order valence-corrected chi connectivity index (χ2v) is 6.29. The maximum atomic E-state index is 12.5. The van der Waals surface area contributed by atoms with Gasteiger partial charge in [0.2, 0.25) is 0 Å². The molecular weight excluding hydrogens is 264 g/mol. The largest absolute Gasteiger partial charge is 0.393 e. The summed E-state index contributed by atoms with van der Waals surface area (Å²) in [5, 5.41) is 12.8. The molecule has 0 aromatic heterocycles. The number of amides is 2. The molecule has 2 amide bonds. The van der Waals surface area contributed by atoms with Crippen LogP contribution in [0.1, 0.15) is 36.5 Å². The molecule has 1 fully saturated rings. The maximum Gasteiger partial charge on any atom is 0.321 e. The van der Waals surface area contributed by atoms with Crippen molar-refractivity contribution in [2.24, 2.45) is 5.92 Å². The smallest absolute Gasteiger partial charge is 0.321 e. The fourth-order valence-corrected chi connectivity index (χ4v) is 3.15. The molecule has 2 atom stereocenters. The van der Waals surface area contributed by atoms with Crippen LogP contribution in [-0.4, -0.2) is 35.2 Å². The van der Waals surface area contributed by atoms with E-state index in [-0.39, 0.29) is 18.1 Å². The van der Waals surface area contributed by atoms with E-state index in [1.807, 2.05) is 18.7 Å². The van der Waals surface area contributed by atoms with Gasteiger partial charge in [-0.3, -0.25) is 0 Å². The average molecular weight is 290 g/mol. The number of urea groups is 1. The Kier molecular flexibility index (Phi) is 4.88. The first-order valence-electron chi connectivity index (χ1n) is 7.70. The number of likely N-dealkylation sites (tertiary alicyclic amines) is 1. The molecule has 2 N–H and O–H groups in total. The molecule has 1 aliphatic rings. The van der Waals surface area contributed by atoms with Gasteiger partial charge in [0.1, 0.15) is 0 Å². The lowest BCUT2D eigenvalue weighted by Gasteiger charge is -2.34. The van der Waals surface area contributed by atoms with E-state index in [1.54, 1.807) is 6.92 Å². The molecule has 0 aliphatic carbocycles. The van der Waals surface area contributed by atoms with Gasteiger partial charge in [-0.1, -0.05) is 17.7 Å². The van der Waals surface area contributed by atoms with Crippen molar-refractivity contribution in [1.82, 2.24) is 4.90 Å². The fourth-order valence-electron chi connectivity index (χ4n) is 3.15. The van der Waals surface area contributed by atoms with Gasteiger partial charge in [-0.15, -0.1) is 0 Å². The van der Waals surface area contributed by atoms with Crippen molar-refractivity contribution in [3.05, 3.63) is 28.8 Å². The number of piperidine rings is 1. The minimum Gasteiger partial charge on any atom is -0.393 e. The van der Waals surface area contributed by atoms with Gasteiger partial charge in [0.25, 0.3) is 0 Å². The van der Waals surface area contributed by atoms with Crippen molar-refractivity contribution in [2.75, 3.05) is 18.4 Å².